The summed E-state index contributed by atoms with van der Waals surface area (Å²) in [4.78, 5) is 4.56. The third-order valence-corrected chi connectivity index (χ3v) is 4.15. The number of benzene rings is 1. The first-order valence-corrected chi connectivity index (χ1v) is 7.49. The summed E-state index contributed by atoms with van der Waals surface area (Å²) in [7, 11) is 0. The Morgan fingerprint density at radius 1 is 1.20 bits per heavy atom. The van der Waals surface area contributed by atoms with Crippen molar-refractivity contribution >= 4 is 27.4 Å². The highest BCUT2D eigenvalue weighted by Crippen LogP contribution is 2.21. The molecule has 5 heteroatoms. The highest BCUT2D eigenvalue weighted by molar-refractivity contribution is 7.15. The maximum absolute atomic E-state index is 4.56. The van der Waals surface area contributed by atoms with Gasteiger partial charge in [0.1, 0.15) is 5.01 Å². The lowest BCUT2D eigenvalue weighted by atomic mass is 10.1. The Hall–Kier alpha value is -2.01. The fourth-order valence-electron chi connectivity index (χ4n) is 2.18. The van der Waals surface area contributed by atoms with Crippen LogP contribution in [0, 0.1) is 6.92 Å². The van der Waals surface area contributed by atoms with E-state index in [4.69, 9.17) is 0 Å². The number of nitrogens with one attached hydrogen (secondary N) is 1. The molecule has 0 radical (unpaired) electrons. The summed E-state index contributed by atoms with van der Waals surface area (Å²) in [5.74, 6) is 0. The van der Waals surface area contributed by atoms with E-state index in [1.807, 2.05) is 25.1 Å². The van der Waals surface area contributed by atoms with Crippen molar-refractivity contribution in [2.24, 2.45) is 0 Å². The quantitative estimate of drug-likeness (QED) is 0.795. The number of pyridine rings is 1. The second-order valence-corrected chi connectivity index (χ2v) is 5.71. The average molecular weight is 284 g/mol. The molecular formula is C15H16N4S. The molecule has 0 aliphatic rings. The van der Waals surface area contributed by atoms with Crippen molar-refractivity contribution in [2.75, 3.05) is 5.32 Å². The van der Waals surface area contributed by atoms with E-state index in [2.05, 4.69) is 39.6 Å². The third kappa shape index (κ3) is 2.63. The number of hydrogen-bond acceptors (Lipinski definition) is 5. The van der Waals surface area contributed by atoms with E-state index in [1.165, 1.54) is 10.9 Å². The summed E-state index contributed by atoms with van der Waals surface area (Å²) in [6.45, 7) is 4.85. The SMILES string of the molecule is CCc1nnc(NCc2cc(C)nc3ccccc23)s1. The molecule has 0 saturated heterocycles. The highest BCUT2D eigenvalue weighted by Gasteiger charge is 2.06. The third-order valence-electron chi connectivity index (χ3n) is 3.13. The molecule has 20 heavy (non-hydrogen) atoms. The number of aromatic nitrogens is 3. The van der Waals surface area contributed by atoms with Gasteiger partial charge in [-0.3, -0.25) is 4.98 Å². The van der Waals surface area contributed by atoms with Crippen molar-refractivity contribution in [3.05, 3.63) is 46.6 Å². The molecule has 3 aromatic rings. The molecule has 0 amide bonds. The van der Waals surface area contributed by atoms with Crippen LogP contribution in [0.5, 0.6) is 0 Å². The molecule has 2 heterocycles. The van der Waals surface area contributed by atoms with Gasteiger partial charge in [-0.25, -0.2) is 0 Å². The number of para-hydroxylation sites is 1. The first kappa shape index (κ1) is 13.0. The standard InChI is InChI=1S/C15H16N4S/c1-3-14-18-19-15(20-14)16-9-11-8-10(2)17-13-7-5-4-6-12(11)13/h4-8H,3,9H2,1-2H3,(H,16,19). The van der Waals surface area contributed by atoms with Crippen LogP contribution in [0.25, 0.3) is 10.9 Å². The summed E-state index contributed by atoms with van der Waals surface area (Å²) in [6.07, 6.45) is 0.927. The molecule has 2 aromatic heterocycles. The zero-order valence-corrected chi connectivity index (χ0v) is 12.4. The van der Waals surface area contributed by atoms with Crippen molar-refractivity contribution in [2.45, 2.75) is 26.8 Å². The molecule has 0 bridgehead atoms. The van der Waals surface area contributed by atoms with Gasteiger partial charge in [-0.15, -0.1) is 10.2 Å². The minimum atomic E-state index is 0.738. The van der Waals surface area contributed by atoms with E-state index in [0.29, 0.717) is 0 Å². The first-order valence-electron chi connectivity index (χ1n) is 6.68. The molecule has 0 atom stereocenters. The molecule has 0 saturated carbocycles. The van der Waals surface area contributed by atoms with Gasteiger partial charge in [-0.2, -0.15) is 0 Å². The minimum Gasteiger partial charge on any atom is -0.356 e. The normalized spacial score (nSPS) is 10.9. The smallest absolute Gasteiger partial charge is 0.205 e. The number of aryl methyl sites for hydroxylation is 2. The van der Waals surface area contributed by atoms with Gasteiger partial charge in [0.05, 0.1) is 5.52 Å². The van der Waals surface area contributed by atoms with Gasteiger partial charge < -0.3 is 5.32 Å². The minimum absolute atomic E-state index is 0.738. The van der Waals surface area contributed by atoms with Crippen LogP contribution in [0.4, 0.5) is 5.13 Å². The van der Waals surface area contributed by atoms with Gasteiger partial charge in [0.2, 0.25) is 5.13 Å². The Kier molecular flexibility index (Phi) is 3.60. The number of fused-ring (bicyclic) bond motifs is 1. The summed E-state index contributed by atoms with van der Waals surface area (Å²) in [5.41, 5.74) is 3.31. The van der Waals surface area contributed by atoms with Crippen LogP contribution in [0.3, 0.4) is 0 Å². The predicted molar refractivity (Wildman–Crippen MR) is 83.1 cm³/mol. The predicted octanol–water partition coefficient (Wildman–Crippen LogP) is 3.57. The van der Waals surface area contributed by atoms with E-state index in [1.54, 1.807) is 11.3 Å². The Bertz CT molecular complexity index is 736. The van der Waals surface area contributed by atoms with Crippen molar-refractivity contribution in [3.8, 4) is 0 Å². The fourth-order valence-corrected chi connectivity index (χ4v) is 2.86. The second-order valence-electron chi connectivity index (χ2n) is 4.65. The van der Waals surface area contributed by atoms with E-state index < -0.39 is 0 Å². The largest absolute Gasteiger partial charge is 0.356 e. The van der Waals surface area contributed by atoms with Crippen molar-refractivity contribution < 1.29 is 0 Å². The molecule has 1 N–H and O–H groups in total. The Morgan fingerprint density at radius 3 is 2.85 bits per heavy atom. The lowest BCUT2D eigenvalue weighted by Gasteiger charge is -2.08. The molecule has 0 spiro atoms. The maximum Gasteiger partial charge on any atom is 0.205 e. The number of rotatable bonds is 4. The van der Waals surface area contributed by atoms with E-state index >= 15 is 0 Å². The molecule has 102 valence electrons. The Labute approximate surface area is 121 Å². The molecule has 0 unspecified atom stereocenters. The molecule has 0 aliphatic carbocycles. The van der Waals surface area contributed by atoms with Crippen molar-refractivity contribution in [1.82, 2.24) is 15.2 Å². The summed E-state index contributed by atoms with van der Waals surface area (Å²) in [5, 5.41) is 14.7. The molecular weight excluding hydrogens is 268 g/mol. The molecule has 0 aliphatic heterocycles. The highest BCUT2D eigenvalue weighted by atomic mass is 32.1. The number of nitrogens with zero attached hydrogens (tertiary/aromatic N) is 3. The van der Waals surface area contributed by atoms with E-state index in [-0.39, 0.29) is 0 Å². The Morgan fingerprint density at radius 2 is 2.05 bits per heavy atom. The second kappa shape index (κ2) is 5.54. The Balaban J connectivity index is 1.86. The van der Waals surface area contributed by atoms with Crippen molar-refractivity contribution in [1.29, 1.82) is 0 Å². The lowest BCUT2D eigenvalue weighted by molar-refractivity contribution is 0.975. The van der Waals surface area contributed by atoms with Gasteiger partial charge in [-0.1, -0.05) is 36.5 Å². The topological polar surface area (TPSA) is 50.7 Å². The van der Waals surface area contributed by atoms with Crippen LogP contribution in [0.2, 0.25) is 0 Å². The molecule has 0 fully saturated rings. The van der Waals surface area contributed by atoms with Gasteiger partial charge in [-0.05, 0) is 31.0 Å². The zero-order valence-electron chi connectivity index (χ0n) is 11.6. The van der Waals surface area contributed by atoms with E-state index in [9.17, 15) is 0 Å². The molecule has 3 rings (SSSR count). The molecule has 4 nitrogen and oxygen atoms in total. The summed E-state index contributed by atoms with van der Waals surface area (Å²) in [6, 6.07) is 10.3. The lowest BCUT2D eigenvalue weighted by Crippen LogP contribution is -2.01. The van der Waals surface area contributed by atoms with Gasteiger partial charge in [0.25, 0.3) is 0 Å². The van der Waals surface area contributed by atoms with Crippen molar-refractivity contribution in [3.63, 3.8) is 0 Å². The van der Waals surface area contributed by atoms with Gasteiger partial charge in [0, 0.05) is 17.6 Å². The van der Waals surface area contributed by atoms with Gasteiger partial charge in [0.15, 0.2) is 0 Å². The van der Waals surface area contributed by atoms with Gasteiger partial charge >= 0.3 is 0 Å². The average Bonchev–Trinajstić information content (AvgIpc) is 2.92. The zero-order chi connectivity index (χ0) is 13.9. The van der Waals surface area contributed by atoms with Crippen LogP contribution in [-0.4, -0.2) is 15.2 Å². The van der Waals surface area contributed by atoms with Crippen LogP contribution < -0.4 is 5.32 Å². The number of anilines is 1. The first-order chi connectivity index (χ1) is 9.76. The fraction of sp³-hybridized carbons (Fsp3) is 0.267. The molecule has 1 aromatic carbocycles. The van der Waals surface area contributed by atoms with Crippen LogP contribution in [0.1, 0.15) is 23.2 Å². The van der Waals surface area contributed by atoms with Crippen LogP contribution in [-0.2, 0) is 13.0 Å². The van der Waals surface area contributed by atoms with E-state index in [0.717, 1.165) is 34.3 Å². The summed E-state index contributed by atoms with van der Waals surface area (Å²) >= 11 is 1.61. The number of hydrogen-bond donors (Lipinski definition) is 1. The maximum atomic E-state index is 4.56. The monoisotopic (exact) mass is 284 g/mol. The van der Waals surface area contributed by atoms with Crippen LogP contribution >= 0.6 is 11.3 Å². The summed E-state index contributed by atoms with van der Waals surface area (Å²) < 4.78 is 0. The van der Waals surface area contributed by atoms with Crippen LogP contribution in [0.15, 0.2) is 30.3 Å².